The van der Waals surface area contributed by atoms with Crippen molar-refractivity contribution in [3.05, 3.63) is 89.4 Å². The molecule has 3 nitrogen and oxygen atoms in total. The van der Waals surface area contributed by atoms with Crippen LogP contribution in [0.3, 0.4) is 0 Å². The van der Waals surface area contributed by atoms with Gasteiger partial charge in [-0.1, -0.05) is 66.2 Å². The zero-order chi connectivity index (χ0) is 17.6. The van der Waals surface area contributed by atoms with Gasteiger partial charge in [-0.15, -0.1) is 0 Å². The minimum atomic E-state index is -0.256. The molecule has 0 radical (unpaired) electrons. The van der Waals surface area contributed by atoms with Crippen LogP contribution in [-0.2, 0) is 0 Å². The standard InChI is InChI=1S/C20H15ClN2OS/c21-17-12-6-4-10-15(17)16-11-5-7-13-18(16)22-20(25)23-19(24)14-8-2-1-3-9-14/h1-13H,(H2,22,23,24,25). The van der Waals surface area contributed by atoms with Gasteiger partial charge in [-0.2, -0.15) is 0 Å². The first kappa shape index (κ1) is 17.1. The van der Waals surface area contributed by atoms with Gasteiger partial charge in [0.1, 0.15) is 0 Å². The van der Waals surface area contributed by atoms with E-state index in [1.165, 1.54) is 0 Å². The highest BCUT2D eigenvalue weighted by molar-refractivity contribution is 7.80. The highest BCUT2D eigenvalue weighted by Crippen LogP contribution is 2.33. The summed E-state index contributed by atoms with van der Waals surface area (Å²) in [4.78, 5) is 12.2. The summed E-state index contributed by atoms with van der Waals surface area (Å²) in [7, 11) is 0. The third-order valence-corrected chi connectivity index (χ3v) is 4.14. The quantitative estimate of drug-likeness (QED) is 0.631. The molecule has 0 atom stereocenters. The zero-order valence-corrected chi connectivity index (χ0v) is 14.8. The summed E-state index contributed by atoms with van der Waals surface area (Å²) >= 11 is 11.6. The van der Waals surface area contributed by atoms with Crippen LogP contribution in [-0.4, -0.2) is 11.0 Å². The van der Waals surface area contributed by atoms with E-state index in [1.54, 1.807) is 24.3 Å². The first-order valence-electron chi connectivity index (χ1n) is 7.66. The van der Waals surface area contributed by atoms with Crippen LogP contribution < -0.4 is 10.6 Å². The van der Waals surface area contributed by atoms with Crippen LogP contribution in [0.4, 0.5) is 5.69 Å². The lowest BCUT2D eigenvalue weighted by molar-refractivity contribution is 0.0977. The number of anilines is 1. The van der Waals surface area contributed by atoms with Crippen LogP contribution >= 0.6 is 23.8 Å². The van der Waals surface area contributed by atoms with E-state index < -0.39 is 0 Å². The maximum Gasteiger partial charge on any atom is 0.257 e. The van der Waals surface area contributed by atoms with Gasteiger partial charge in [0.15, 0.2) is 5.11 Å². The molecule has 0 spiro atoms. The Balaban J connectivity index is 1.79. The molecule has 0 aromatic heterocycles. The number of hydrogen-bond donors (Lipinski definition) is 2. The van der Waals surface area contributed by atoms with Gasteiger partial charge in [-0.3, -0.25) is 10.1 Å². The molecule has 0 unspecified atom stereocenters. The summed E-state index contributed by atoms with van der Waals surface area (Å²) < 4.78 is 0. The van der Waals surface area contributed by atoms with Crippen LogP contribution in [0.5, 0.6) is 0 Å². The third kappa shape index (κ3) is 4.24. The summed E-state index contributed by atoms with van der Waals surface area (Å²) in [6, 6.07) is 24.2. The molecule has 2 N–H and O–H groups in total. The number of hydrogen-bond acceptors (Lipinski definition) is 2. The molecule has 0 bridgehead atoms. The largest absolute Gasteiger partial charge is 0.332 e. The SMILES string of the molecule is O=C(NC(=S)Nc1ccccc1-c1ccccc1Cl)c1ccccc1. The fourth-order valence-electron chi connectivity index (χ4n) is 2.42. The van der Waals surface area contributed by atoms with Gasteiger partial charge in [0.05, 0.1) is 0 Å². The molecule has 124 valence electrons. The second-order valence-electron chi connectivity index (χ2n) is 5.30. The molecule has 3 aromatic rings. The lowest BCUT2D eigenvalue weighted by Crippen LogP contribution is -2.34. The monoisotopic (exact) mass is 366 g/mol. The van der Waals surface area contributed by atoms with Gasteiger partial charge in [-0.25, -0.2) is 0 Å². The molecule has 3 aromatic carbocycles. The molecule has 5 heteroatoms. The second-order valence-corrected chi connectivity index (χ2v) is 6.12. The molecule has 0 aliphatic heterocycles. The molecule has 0 aliphatic rings. The number of thiocarbonyl (C=S) groups is 1. The van der Waals surface area contributed by atoms with Crippen molar-refractivity contribution in [3.8, 4) is 11.1 Å². The van der Waals surface area contributed by atoms with Gasteiger partial charge in [0.2, 0.25) is 0 Å². The smallest absolute Gasteiger partial charge is 0.257 e. The molecular formula is C20H15ClN2OS. The Kier molecular flexibility index (Phi) is 5.43. The number of nitrogens with one attached hydrogen (secondary N) is 2. The number of carbonyl (C=O) groups excluding carboxylic acids is 1. The van der Waals surface area contributed by atoms with E-state index in [-0.39, 0.29) is 11.0 Å². The van der Waals surface area contributed by atoms with E-state index in [4.69, 9.17) is 23.8 Å². The average molecular weight is 367 g/mol. The summed E-state index contributed by atoms with van der Waals surface area (Å²) in [5.41, 5.74) is 3.12. The molecule has 0 aliphatic carbocycles. The first-order chi connectivity index (χ1) is 12.1. The highest BCUT2D eigenvalue weighted by Gasteiger charge is 2.11. The number of benzene rings is 3. The number of halogens is 1. The predicted molar refractivity (Wildman–Crippen MR) is 107 cm³/mol. The van der Waals surface area contributed by atoms with Crippen molar-refractivity contribution in [1.29, 1.82) is 0 Å². The van der Waals surface area contributed by atoms with Crippen LogP contribution in [0.25, 0.3) is 11.1 Å². The molecule has 25 heavy (non-hydrogen) atoms. The minimum absolute atomic E-state index is 0.230. The van der Waals surface area contributed by atoms with E-state index in [2.05, 4.69) is 10.6 Å². The third-order valence-electron chi connectivity index (χ3n) is 3.60. The Hall–Kier alpha value is -2.69. The van der Waals surface area contributed by atoms with E-state index >= 15 is 0 Å². The van der Waals surface area contributed by atoms with Crippen molar-refractivity contribution in [2.45, 2.75) is 0 Å². The summed E-state index contributed by atoms with van der Waals surface area (Å²) in [5, 5.41) is 6.64. The Bertz CT molecular complexity index is 912. The van der Waals surface area contributed by atoms with Crippen LogP contribution in [0, 0.1) is 0 Å². The van der Waals surface area contributed by atoms with Gasteiger partial charge >= 0.3 is 0 Å². The van der Waals surface area contributed by atoms with Crippen molar-refractivity contribution >= 4 is 40.5 Å². The molecule has 3 rings (SSSR count). The van der Waals surface area contributed by atoms with E-state index in [0.29, 0.717) is 10.6 Å². The predicted octanol–water partition coefficient (Wildman–Crippen LogP) is 5.13. The fourth-order valence-corrected chi connectivity index (χ4v) is 2.87. The lowest BCUT2D eigenvalue weighted by atomic mass is 10.0. The normalized spacial score (nSPS) is 10.1. The van der Waals surface area contributed by atoms with Crippen LogP contribution in [0.2, 0.25) is 5.02 Å². The minimum Gasteiger partial charge on any atom is -0.332 e. The van der Waals surface area contributed by atoms with Gasteiger partial charge in [-0.05, 0) is 36.5 Å². The van der Waals surface area contributed by atoms with Gasteiger partial charge < -0.3 is 5.32 Å². The topological polar surface area (TPSA) is 41.1 Å². The highest BCUT2D eigenvalue weighted by atomic mass is 35.5. The number of amides is 1. The van der Waals surface area contributed by atoms with E-state index in [1.807, 2.05) is 54.6 Å². The number of para-hydroxylation sites is 1. The lowest BCUT2D eigenvalue weighted by Gasteiger charge is -2.14. The van der Waals surface area contributed by atoms with Gasteiger partial charge in [0, 0.05) is 27.4 Å². The van der Waals surface area contributed by atoms with Crippen molar-refractivity contribution in [1.82, 2.24) is 5.32 Å². The maximum absolute atomic E-state index is 12.2. The zero-order valence-electron chi connectivity index (χ0n) is 13.2. The average Bonchev–Trinajstić information content (AvgIpc) is 2.63. The van der Waals surface area contributed by atoms with Crippen molar-refractivity contribution < 1.29 is 4.79 Å². The molecular weight excluding hydrogens is 352 g/mol. The Morgan fingerprint density at radius 1 is 0.800 bits per heavy atom. The summed E-state index contributed by atoms with van der Waals surface area (Å²) in [6.45, 7) is 0. The van der Waals surface area contributed by atoms with E-state index in [9.17, 15) is 4.79 Å². The Morgan fingerprint density at radius 2 is 1.40 bits per heavy atom. The number of carbonyl (C=O) groups is 1. The maximum atomic E-state index is 12.2. The summed E-state index contributed by atoms with van der Waals surface area (Å²) in [6.07, 6.45) is 0. The van der Waals surface area contributed by atoms with Gasteiger partial charge in [0.25, 0.3) is 5.91 Å². The molecule has 1 amide bonds. The summed E-state index contributed by atoms with van der Waals surface area (Å²) in [5.74, 6) is -0.256. The molecule has 0 saturated heterocycles. The van der Waals surface area contributed by atoms with Crippen molar-refractivity contribution in [2.75, 3.05) is 5.32 Å². The molecule has 0 saturated carbocycles. The van der Waals surface area contributed by atoms with E-state index in [0.717, 1.165) is 16.8 Å². The fraction of sp³-hybridized carbons (Fsp3) is 0. The van der Waals surface area contributed by atoms with Crippen molar-refractivity contribution in [2.24, 2.45) is 0 Å². The van der Waals surface area contributed by atoms with Crippen molar-refractivity contribution in [3.63, 3.8) is 0 Å². The second kappa shape index (κ2) is 7.92. The van der Waals surface area contributed by atoms with Crippen LogP contribution in [0.1, 0.15) is 10.4 Å². The molecule has 0 fully saturated rings. The Labute approximate surface area is 156 Å². The number of rotatable bonds is 3. The first-order valence-corrected chi connectivity index (χ1v) is 8.45. The molecule has 0 heterocycles. The Morgan fingerprint density at radius 3 is 2.12 bits per heavy atom. The van der Waals surface area contributed by atoms with Crippen LogP contribution in [0.15, 0.2) is 78.9 Å².